The molecule has 2 N–H and O–H groups in total. The maximum Gasteiger partial charge on any atom is 0.190 e. The van der Waals surface area contributed by atoms with Crippen molar-refractivity contribution < 1.29 is 4.39 Å². The van der Waals surface area contributed by atoms with Crippen LogP contribution in [0.2, 0.25) is 10.0 Å². The van der Waals surface area contributed by atoms with Crippen molar-refractivity contribution in [1.82, 2.24) is 20.2 Å². The van der Waals surface area contributed by atoms with E-state index in [1.165, 1.54) is 22.9 Å². The van der Waals surface area contributed by atoms with Gasteiger partial charge in [0, 0.05) is 10.7 Å². The topological polar surface area (TPSA) is 69.6 Å². The number of rotatable bonds is 2. The molecule has 0 unspecified atom stereocenters. The molecule has 1 heterocycles. The quantitative estimate of drug-likeness (QED) is 0.734. The Balaban J connectivity index is 2.22. The van der Waals surface area contributed by atoms with E-state index in [2.05, 4.69) is 15.5 Å². The molecule has 2 aromatic carbocycles. The van der Waals surface area contributed by atoms with Crippen LogP contribution in [0.5, 0.6) is 0 Å². The summed E-state index contributed by atoms with van der Waals surface area (Å²) in [6, 6.07) is 9.06. The molecule has 0 radical (unpaired) electrons. The molecule has 0 bridgehead atoms. The standard InChI is InChI=1S/C13H8Cl2FN5/c14-7-4-8(16)6-9(5-7)21-13(18-19-20-21)12-10(15)2-1-3-11(12)17/h1-6H,17H2. The largest absolute Gasteiger partial charge is 0.398 e. The van der Waals surface area contributed by atoms with E-state index >= 15 is 0 Å². The lowest BCUT2D eigenvalue weighted by Crippen LogP contribution is -2.02. The van der Waals surface area contributed by atoms with Gasteiger partial charge in [-0.05, 0) is 40.8 Å². The number of hydrogen-bond acceptors (Lipinski definition) is 4. The summed E-state index contributed by atoms with van der Waals surface area (Å²) in [7, 11) is 0. The SMILES string of the molecule is Nc1cccc(Cl)c1-c1nnnn1-c1cc(F)cc(Cl)c1. The molecule has 1 aromatic heterocycles. The summed E-state index contributed by atoms with van der Waals surface area (Å²) in [6.07, 6.45) is 0. The van der Waals surface area contributed by atoms with Gasteiger partial charge in [-0.2, -0.15) is 4.68 Å². The van der Waals surface area contributed by atoms with E-state index in [0.717, 1.165) is 0 Å². The molecule has 3 aromatic rings. The first kappa shape index (κ1) is 13.8. The number of nitrogen functional groups attached to an aromatic ring is 1. The van der Waals surface area contributed by atoms with E-state index in [-0.39, 0.29) is 5.02 Å². The highest BCUT2D eigenvalue weighted by atomic mass is 35.5. The predicted molar refractivity (Wildman–Crippen MR) is 79.0 cm³/mol. The maximum atomic E-state index is 13.5. The van der Waals surface area contributed by atoms with Gasteiger partial charge >= 0.3 is 0 Å². The predicted octanol–water partition coefficient (Wildman–Crippen LogP) is 3.36. The maximum absolute atomic E-state index is 13.5. The lowest BCUT2D eigenvalue weighted by atomic mass is 10.1. The highest BCUT2D eigenvalue weighted by Gasteiger charge is 2.17. The lowest BCUT2D eigenvalue weighted by Gasteiger charge is -2.09. The minimum absolute atomic E-state index is 0.235. The Morgan fingerprint density at radius 1 is 1.14 bits per heavy atom. The zero-order valence-electron chi connectivity index (χ0n) is 10.5. The van der Waals surface area contributed by atoms with Gasteiger partial charge in [0.15, 0.2) is 5.82 Å². The lowest BCUT2D eigenvalue weighted by molar-refractivity contribution is 0.625. The molecule has 0 aliphatic heterocycles. The molecule has 0 saturated heterocycles. The number of benzene rings is 2. The van der Waals surface area contributed by atoms with Gasteiger partial charge in [0.05, 0.1) is 16.3 Å². The van der Waals surface area contributed by atoms with Crippen LogP contribution in [-0.4, -0.2) is 20.2 Å². The Morgan fingerprint density at radius 3 is 2.67 bits per heavy atom. The van der Waals surface area contributed by atoms with Crippen molar-refractivity contribution in [3.63, 3.8) is 0 Å². The van der Waals surface area contributed by atoms with Crippen LogP contribution in [0.15, 0.2) is 36.4 Å². The monoisotopic (exact) mass is 323 g/mol. The van der Waals surface area contributed by atoms with Gasteiger partial charge in [0.1, 0.15) is 5.82 Å². The highest BCUT2D eigenvalue weighted by molar-refractivity contribution is 6.33. The van der Waals surface area contributed by atoms with Crippen molar-refractivity contribution in [2.45, 2.75) is 0 Å². The van der Waals surface area contributed by atoms with Crippen LogP contribution in [0.1, 0.15) is 0 Å². The third-order valence-electron chi connectivity index (χ3n) is 2.83. The van der Waals surface area contributed by atoms with E-state index in [4.69, 9.17) is 28.9 Å². The number of nitrogens with two attached hydrogens (primary N) is 1. The number of halogens is 3. The second-order valence-electron chi connectivity index (χ2n) is 4.25. The summed E-state index contributed by atoms with van der Waals surface area (Å²) in [6.45, 7) is 0. The molecule has 0 aliphatic rings. The van der Waals surface area contributed by atoms with Crippen molar-refractivity contribution >= 4 is 28.9 Å². The molecule has 0 atom stereocenters. The van der Waals surface area contributed by atoms with Crippen molar-refractivity contribution in [1.29, 1.82) is 0 Å². The molecule has 106 valence electrons. The summed E-state index contributed by atoms with van der Waals surface area (Å²) in [5.74, 6) is -0.189. The Morgan fingerprint density at radius 2 is 1.95 bits per heavy atom. The summed E-state index contributed by atoms with van der Waals surface area (Å²) >= 11 is 12.0. The summed E-state index contributed by atoms with van der Waals surface area (Å²) in [5.41, 5.74) is 7.19. The van der Waals surface area contributed by atoms with Gasteiger partial charge in [-0.25, -0.2) is 4.39 Å². The van der Waals surface area contributed by atoms with Crippen LogP contribution in [0.4, 0.5) is 10.1 Å². The van der Waals surface area contributed by atoms with Gasteiger partial charge in [0.2, 0.25) is 0 Å². The molecule has 3 rings (SSSR count). The zero-order chi connectivity index (χ0) is 15.0. The highest BCUT2D eigenvalue weighted by Crippen LogP contribution is 2.32. The van der Waals surface area contributed by atoms with Crippen LogP contribution in [0, 0.1) is 5.82 Å². The number of aromatic nitrogens is 4. The van der Waals surface area contributed by atoms with Gasteiger partial charge in [-0.3, -0.25) is 0 Å². The van der Waals surface area contributed by atoms with Crippen molar-refractivity contribution in [3.05, 3.63) is 52.3 Å². The normalized spacial score (nSPS) is 10.8. The second kappa shape index (κ2) is 5.31. The zero-order valence-corrected chi connectivity index (χ0v) is 12.0. The van der Waals surface area contributed by atoms with Crippen LogP contribution in [0.3, 0.4) is 0 Å². The molecule has 0 fully saturated rings. The van der Waals surface area contributed by atoms with Gasteiger partial charge in [0.25, 0.3) is 0 Å². The molecular formula is C13H8Cl2FN5. The molecular weight excluding hydrogens is 316 g/mol. The number of hydrogen-bond donors (Lipinski definition) is 1. The van der Waals surface area contributed by atoms with E-state index in [1.807, 2.05) is 0 Å². The van der Waals surface area contributed by atoms with Crippen LogP contribution < -0.4 is 5.73 Å². The molecule has 0 saturated carbocycles. The van der Waals surface area contributed by atoms with E-state index in [0.29, 0.717) is 27.8 Å². The van der Waals surface area contributed by atoms with Crippen molar-refractivity contribution in [3.8, 4) is 17.1 Å². The third-order valence-corrected chi connectivity index (χ3v) is 3.36. The molecule has 0 aliphatic carbocycles. The minimum atomic E-state index is -0.494. The van der Waals surface area contributed by atoms with Gasteiger partial charge in [-0.1, -0.05) is 29.3 Å². The summed E-state index contributed by atoms with van der Waals surface area (Å²) in [5, 5.41) is 12.0. The minimum Gasteiger partial charge on any atom is -0.398 e. The molecule has 5 nitrogen and oxygen atoms in total. The molecule has 0 amide bonds. The van der Waals surface area contributed by atoms with Crippen molar-refractivity contribution in [2.75, 3.05) is 5.73 Å². The Hall–Kier alpha value is -2.18. The number of tetrazole rings is 1. The average molecular weight is 324 g/mol. The smallest absolute Gasteiger partial charge is 0.190 e. The Bertz CT molecular complexity index is 778. The summed E-state index contributed by atoms with van der Waals surface area (Å²) in [4.78, 5) is 0. The fraction of sp³-hybridized carbons (Fsp3) is 0. The average Bonchev–Trinajstić information content (AvgIpc) is 2.86. The fourth-order valence-electron chi connectivity index (χ4n) is 1.96. The Labute approximate surface area is 129 Å². The van der Waals surface area contributed by atoms with E-state index in [1.54, 1.807) is 18.2 Å². The first-order valence-electron chi connectivity index (χ1n) is 5.85. The van der Waals surface area contributed by atoms with Gasteiger partial charge in [-0.15, -0.1) is 5.10 Å². The Kier molecular flexibility index (Phi) is 3.48. The number of anilines is 1. The first-order chi connectivity index (χ1) is 10.1. The second-order valence-corrected chi connectivity index (χ2v) is 5.09. The third kappa shape index (κ3) is 2.55. The molecule has 0 spiro atoms. The fourth-order valence-corrected chi connectivity index (χ4v) is 2.44. The van der Waals surface area contributed by atoms with Gasteiger partial charge < -0.3 is 5.73 Å². The first-order valence-corrected chi connectivity index (χ1v) is 6.61. The molecule has 21 heavy (non-hydrogen) atoms. The van der Waals surface area contributed by atoms with E-state index in [9.17, 15) is 4.39 Å². The number of nitrogens with zero attached hydrogens (tertiary/aromatic N) is 4. The van der Waals surface area contributed by atoms with Crippen LogP contribution in [-0.2, 0) is 0 Å². The van der Waals surface area contributed by atoms with E-state index < -0.39 is 5.82 Å². The molecule has 8 heteroatoms. The van der Waals surface area contributed by atoms with Crippen LogP contribution >= 0.6 is 23.2 Å². The van der Waals surface area contributed by atoms with Crippen LogP contribution in [0.25, 0.3) is 17.1 Å². The van der Waals surface area contributed by atoms with Crippen molar-refractivity contribution in [2.24, 2.45) is 0 Å². The summed E-state index contributed by atoms with van der Waals surface area (Å²) < 4.78 is 14.8.